The summed E-state index contributed by atoms with van der Waals surface area (Å²) in [5, 5.41) is 28.6. The number of hydrogen-bond acceptors (Lipinski definition) is 5. The highest BCUT2D eigenvalue weighted by atomic mass is 16.5. The Balaban J connectivity index is 1.76. The second-order valence-corrected chi connectivity index (χ2v) is 5.99. The van der Waals surface area contributed by atoms with E-state index in [0.29, 0.717) is 13.2 Å². The van der Waals surface area contributed by atoms with Crippen LogP contribution in [0.3, 0.4) is 0 Å². The summed E-state index contributed by atoms with van der Waals surface area (Å²) in [6.07, 6.45) is -1.17. The van der Waals surface area contributed by atoms with Crippen LogP contribution in [0.2, 0.25) is 0 Å². The molecule has 1 heterocycles. The minimum absolute atomic E-state index is 0.0531. The highest BCUT2D eigenvalue weighted by molar-refractivity contribution is 5.74. The molecule has 0 aliphatic carbocycles. The number of carbonyl (C=O) groups excluding carboxylic acids is 1. The number of ether oxygens (including phenoxy) is 1. The Morgan fingerprint density at radius 1 is 1.39 bits per heavy atom. The number of amides is 2. The normalized spacial score (nSPS) is 23.9. The van der Waals surface area contributed by atoms with Gasteiger partial charge >= 0.3 is 6.03 Å². The molecule has 1 aliphatic rings. The smallest absolute Gasteiger partial charge is 0.315 e. The first kappa shape index (κ1) is 17.5. The number of urea groups is 1. The molecule has 7 heteroatoms. The quantitative estimate of drug-likeness (QED) is 0.519. The van der Waals surface area contributed by atoms with Gasteiger partial charge in [0.05, 0.1) is 18.8 Å². The van der Waals surface area contributed by atoms with Crippen LogP contribution in [0.1, 0.15) is 19.4 Å². The highest BCUT2D eigenvalue weighted by Gasteiger charge is 2.35. The fraction of sp³-hybridized carbons (Fsp3) is 0.562. The van der Waals surface area contributed by atoms with Crippen molar-refractivity contribution in [1.29, 1.82) is 0 Å². The summed E-state index contributed by atoms with van der Waals surface area (Å²) >= 11 is 0. The molecule has 0 bridgehead atoms. The third-order valence-corrected chi connectivity index (χ3v) is 3.71. The maximum absolute atomic E-state index is 11.5. The van der Waals surface area contributed by atoms with Crippen molar-refractivity contribution in [3.63, 3.8) is 0 Å². The molecule has 1 aromatic carbocycles. The molecule has 0 spiro atoms. The maximum Gasteiger partial charge on any atom is 0.315 e. The number of aromatic hydroxyl groups is 1. The summed E-state index contributed by atoms with van der Waals surface area (Å²) in [5.41, 5.74) is 0.762. The van der Waals surface area contributed by atoms with Crippen molar-refractivity contribution < 1.29 is 19.7 Å². The number of phenols is 1. The number of aliphatic hydroxyl groups excluding tert-OH is 1. The van der Waals surface area contributed by atoms with Gasteiger partial charge in [0, 0.05) is 24.7 Å². The molecule has 0 aromatic heterocycles. The zero-order valence-corrected chi connectivity index (χ0v) is 13.5. The number of carbonyl (C=O) groups is 1. The van der Waals surface area contributed by atoms with Gasteiger partial charge in [0.1, 0.15) is 11.9 Å². The topological polar surface area (TPSA) is 103 Å². The van der Waals surface area contributed by atoms with E-state index in [1.54, 1.807) is 12.1 Å². The largest absolute Gasteiger partial charge is 0.508 e. The minimum atomic E-state index is -0.722. The Kier molecular flexibility index (Phi) is 6.20. The van der Waals surface area contributed by atoms with Gasteiger partial charge < -0.3 is 30.9 Å². The van der Waals surface area contributed by atoms with E-state index in [9.17, 15) is 15.0 Å². The third kappa shape index (κ3) is 5.09. The van der Waals surface area contributed by atoms with E-state index in [1.165, 1.54) is 0 Å². The average Bonchev–Trinajstić information content (AvgIpc) is 2.84. The lowest BCUT2D eigenvalue weighted by atomic mass is 10.1. The van der Waals surface area contributed by atoms with Crippen molar-refractivity contribution in [2.45, 2.75) is 44.7 Å². The fourth-order valence-corrected chi connectivity index (χ4v) is 2.45. The van der Waals surface area contributed by atoms with Crippen LogP contribution in [-0.2, 0) is 11.3 Å². The second kappa shape index (κ2) is 8.14. The van der Waals surface area contributed by atoms with E-state index < -0.39 is 12.2 Å². The summed E-state index contributed by atoms with van der Waals surface area (Å²) in [6.45, 7) is 4.78. The van der Waals surface area contributed by atoms with Crippen LogP contribution in [-0.4, -0.2) is 53.7 Å². The molecule has 0 radical (unpaired) electrons. The third-order valence-electron chi connectivity index (χ3n) is 3.71. The highest BCUT2D eigenvalue weighted by Crippen LogP contribution is 2.18. The number of hydrogen-bond donors (Lipinski definition) is 5. The monoisotopic (exact) mass is 323 g/mol. The van der Waals surface area contributed by atoms with Gasteiger partial charge in [0.25, 0.3) is 0 Å². The van der Waals surface area contributed by atoms with E-state index in [0.717, 1.165) is 5.56 Å². The first-order valence-electron chi connectivity index (χ1n) is 7.81. The van der Waals surface area contributed by atoms with E-state index in [1.807, 2.05) is 26.0 Å². The molecule has 1 aliphatic heterocycles. The van der Waals surface area contributed by atoms with Crippen molar-refractivity contribution in [3.05, 3.63) is 29.8 Å². The number of phenolic OH excluding ortho intramolecular Hbond substituents is 1. The Labute approximate surface area is 136 Å². The van der Waals surface area contributed by atoms with Crippen molar-refractivity contribution >= 4 is 6.03 Å². The predicted molar refractivity (Wildman–Crippen MR) is 86.2 cm³/mol. The number of benzene rings is 1. The van der Waals surface area contributed by atoms with E-state index in [2.05, 4.69) is 16.0 Å². The molecule has 1 fully saturated rings. The number of para-hydroxylation sites is 1. The van der Waals surface area contributed by atoms with Gasteiger partial charge in [-0.1, -0.05) is 18.2 Å². The molecule has 3 unspecified atom stereocenters. The first-order chi connectivity index (χ1) is 11.0. The van der Waals surface area contributed by atoms with Crippen LogP contribution in [0.15, 0.2) is 24.3 Å². The summed E-state index contributed by atoms with van der Waals surface area (Å²) in [7, 11) is 0. The standard InChI is InChI=1S/C16H25N3O4/c1-10(2)19-16(22)18-8-14-15(21)12(9-23-14)17-7-11-5-3-4-6-13(11)20/h3-6,10,12,14-15,17,20-21H,7-9H2,1-2H3,(H2,18,19,22). The van der Waals surface area contributed by atoms with Crippen LogP contribution in [0.25, 0.3) is 0 Å². The van der Waals surface area contributed by atoms with Crippen LogP contribution >= 0.6 is 0 Å². The molecule has 3 atom stereocenters. The molecule has 2 amide bonds. The van der Waals surface area contributed by atoms with Crippen LogP contribution in [0.5, 0.6) is 5.75 Å². The lowest BCUT2D eigenvalue weighted by Crippen LogP contribution is -2.47. The van der Waals surface area contributed by atoms with Crippen molar-refractivity contribution in [2.75, 3.05) is 13.2 Å². The van der Waals surface area contributed by atoms with Gasteiger partial charge in [0.2, 0.25) is 0 Å². The van der Waals surface area contributed by atoms with Crippen LogP contribution < -0.4 is 16.0 Å². The molecular weight excluding hydrogens is 298 g/mol. The molecule has 0 saturated carbocycles. The van der Waals surface area contributed by atoms with E-state index in [-0.39, 0.29) is 30.4 Å². The molecule has 1 saturated heterocycles. The minimum Gasteiger partial charge on any atom is -0.508 e. The molecule has 128 valence electrons. The predicted octanol–water partition coefficient (Wildman–Crippen LogP) is 0.318. The zero-order chi connectivity index (χ0) is 16.8. The van der Waals surface area contributed by atoms with Crippen molar-refractivity contribution in [3.8, 4) is 5.75 Å². The van der Waals surface area contributed by atoms with E-state index in [4.69, 9.17) is 4.74 Å². The van der Waals surface area contributed by atoms with Crippen LogP contribution in [0, 0.1) is 0 Å². The number of aliphatic hydroxyl groups is 1. The van der Waals surface area contributed by atoms with E-state index >= 15 is 0 Å². The van der Waals surface area contributed by atoms with Gasteiger partial charge in [-0.25, -0.2) is 4.79 Å². The molecule has 7 nitrogen and oxygen atoms in total. The van der Waals surface area contributed by atoms with Crippen LogP contribution in [0.4, 0.5) is 4.79 Å². The van der Waals surface area contributed by atoms with Gasteiger partial charge in [-0.3, -0.25) is 0 Å². The van der Waals surface area contributed by atoms with Gasteiger partial charge in [-0.05, 0) is 19.9 Å². The number of nitrogens with one attached hydrogen (secondary N) is 3. The van der Waals surface area contributed by atoms with Gasteiger partial charge in [-0.15, -0.1) is 0 Å². The lowest BCUT2D eigenvalue weighted by molar-refractivity contribution is 0.0425. The molecule has 23 heavy (non-hydrogen) atoms. The Morgan fingerprint density at radius 3 is 2.83 bits per heavy atom. The lowest BCUT2D eigenvalue weighted by Gasteiger charge is -2.19. The van der Waals surface area contributed by atoms with Gasteiger partial charge in [0.15, 0.2) is 0 Å². The summed E-state index contributed by atoms with van der Waals surface area (Å²) < 4.78 is 5.53. The Hall–Kier alpha value is -1.83. The number of rotatable bonds is 6. The maximum atomic E-state index is 11.5. The molecule has 1 aromatic rings. The Morgan fingerprint density at radius 2 is 2.13 bits per heavy atom. The molecule has 2 rings (SSSR count). The summed E-state index contributed by atoms with van der Waals surface area (Å²) in [5.74, 6) is 0.219. The average molecular weight is 323 g/mol. The molecule has 5 N–H and O–H groups in total. The van der Waals surface area contributed by atoms with Crippen molar-refractivity contribution in [1.82, 2.24) is 16.0 Å². The molecular formula is C16H25N3O4. The second-order valence-electron chi connectivity index (χ2n) is 5.99. The first-order valence-corrected chi connectivity index (χ1v) is 7.81. The Bertz CT molecular complexity index is 524. The van der Waals surface area contributed by atoms with Gasteiger partial charge in [-0.2, -0.15) is 0 Å². The zero-order valence-electron chi connectivity index (χ0n) is 13.5. The SMILES string of the molecule is CC(C)NC(=O)NCC1OCC(NCc2ccccc2O)C1O. The fourth-order valence-electron chi connectivity index (χ4n) is 2.45. The van der Waals surface area contributed by atoms with Crippen molar-refractivity contribution in [2.24, 2.45) is 0 Å². The summed E-state index contributed by atoms with van der Waals surface area (Å²) in [4.78, 5) is 11.5. The summed E-state index contributed by atoms with van der Waals surface area (Å²) in [6, 6.07) is 6.58.